The number of rotatable bonds is 3. The summed E-state index contributed by atoms with van der Waals surface area (Å²) >= 11 is 1.31. The zero-order chi connectivity index (χ0) is 14.9. The number of hydrogen-bond donors (Lipinski definition) is 0. The molecule has 2 aromatic rings. The number of morpholine rings is 1. The third-order valence-electron chi connectivity index (χ3n) is 3.51. The molecule has 0 spiro atoms. The second-order valence-electron chi connectivity index (χ2n) is 5.00. The van der Waals surface area contributed by atoms with E-state index in [9.17, 15) is 8.42 Å². The fourth-order valence-electron chi connectivity index (χ4n) is 2.39. The molecule has 3 rings (SSSR count). The van der Waals surface area contributed by atoms with Crippen molar-refractivity contribution in [2.24, 2.45) is 0 Å². The zero-order valence-electron chi connectivity index (χ0n) is 11.7. The fraction of sp³-hybridized carbons (Fsp3) is 0.333. The highest BCUT2D eigenvalue weighted by atomic mass is 32.2. The van der Waals surface area contributed by atoms with Crippen LogP contribution in [0.3, 0.4) is 0 Å². The smallest absolute Gasteiger partial charge is 0.252 e. The van der Waals surface area contributed by atoms with Crippen LogP contribution in [0.15, 0.2) is 46.7 Å². The van der Waals surface area contributed by atoms with Crippen molar-refractivity contribution in [2.75, 3.05) is 19.7 Å². The van der Waals surface area contributed by atoms with Crippen LogP contribution in [0, 0.1) is 6.92 Å². The highest BCUT2D eigenvalue weighted by Crippen LogP contribution is 2.29. The highest BCUT2D eigenvalue weighted by molar-refractivity contribution is 7.91. The Morgan fingerprint density at radius 3 is 2.62 bits per heavy atom. The number of benzene rings is 1. The van der Waals surface area contributed by atoms with E-state index in [0.29, 0.717) is 23.9 Å². The normalized spacial score (nSPS) is 20.5. The SMILES string of the molecule is Cc1ccc(S(=O)(=O)N2CCO[C@H](c3ccccc3)C2)s1. The van der Waals surface area contributed by atoms with Gasteiger partial charge in [-0.25, -0.2) is 8.42 Å². The lowest BCUT2D eigenvalue weighted by atomic mass is 10.1. The summed E-state index contributed by atoms with van der Waals surface area (Å²) in [6, 6.07) is 13.3. The molecular weight excluding hydrogens is 306 g/mol. The maximum atomic E-state index is 12.7. The lowest BCUT2D eigenvalue weighted by Gasteiger charge is -2.32. The molecule has 1 aliphatic heterocycles. The number of hydrogen-bond acceptors (Lipinski definition) is 4. The average molecular weight is 323 g/mol. The van der Waals surface area contributed by atoms with Gasteiger partial charge in [-0.1, -0.05) is 30.3 Å². The molecule has 0 radical (unpaired) electrons. The minimum atomic E-state index is -3.41. The summed E-state index contributed by atoms with van der Waals surface area (Å²) < 4.78 is 33.0. The summed E-state index contributed by atoms with van der Waals surface area (Å²) in [5.74, 6) is 0. The third-order valence-corrected chi connectivity index (χ3v) is 6.84. The molecule has 1 atom stereocenters. The van der Waals surface area contributed by atoms with Crippen molar-refractivity contribution in [2.45, 2.75) is 17.2 Å². The number of aryl methyl sites for hydroxylation is 1. The molecule has 1 saturated heterocycles. The topological polar surface area (TPSA) is 46.6 Å². The van der Waals surface area contributed by atoms with Crippen molar-refractivity contribution in [1.82, 2.24) is 4.31 Å². The first-order chi connectivity index (χ1) is 10.1. The largest absolute Gasteiger partial charge is 0.371 e. The van der Waals surface area contributed by atoms with Crippen molar-refractivity contribution < 1.29 is 13.2 Å². The fourth-order valence-corrected chi connectivity index (χ4v) is 5.25. The highest BCUT2D eigenvalue weighted by Gasteiger charge is 2.32. The number of thiophene rings is 1. The Balaban J connectivity index is 1.83. The monoisotopic (exact) mass is 323 g/mol. The van der Waals surface area contributed by atoms with E-state index in [4.69, 9.17) is 4.74 Å². The van der Waals surface area contributed by atoms with E-state index in [0.717, 1.165) is 10.4 Å². The Labute approximate surface area is 129 Å². The molecule has 21 heavy (non-hydrogen) atoms. The molecule has 112 valence electrons. The average Bonchev–Trinajstić information content (AvgIpc) is 2.96. The molecule has 4 nitrogen and oxygen atoms in total. The molecule has 2 heterocycles. The molecule has 0 bridgehead atoms. The molecule has 0 saturated carbocycles. The molecule has 6 heteroatoms. The van der Waals surface area contributed by atoms with E-state index in [2.05, 4.69) is 0 Å². The molecule has 0 amide bonds. The van der Waals surface area contributed by atoms with Gasteiger partial charge in [-0.05, 0) is 24.6 Å². The van der Waals surface area contributed by atoms with Gasteiger partial charge < -0.3 is 4.74 Å². The van der Waals surface area contributed by atoms with Crippen LogP contribution < -0.4 is 0 Å². The summed E-state index contributed by atoms with van der Waals surface area (Å²) in [5.41, 5.74) is 1.01. The summed E-state index contributed by atoms with van der Waals surface area (Å²) in [7, 11) is -3.41. The standard InChI is InChI=1S/C15H17NO3S2/c1-12-7-8-15(20-12)21(17,18)16-9-10-19-14(11-16)13-5-3-2-4-6-13/h2-8,14H,9-11H2,1H3/t14-/m0/s1. The maximum absolute atomic E-state index is 12.7. The maximum Gasteiger partial charge on any atom is 0.252 e. The Bertz CT molecular complexity index is 710. The summed E-state index contributed by atoms with van der Waals surface area (Å²) in [4.78, 5) is 1.00. The van der Waals surface area contributed by atoms with E-state index in [1.165, 1.54) is 15.6 Å². The molecule has 1 aromatic heterocycles. The predicted octanol–water partition coefficient (Wildman–Crippen LogP) is 2.82. The lowest BCUT2D eigenvalue weighted by Crippen LogP contribution is -2.41. The van der Waals surface area contributed by atoms with Crippen molar-refractivity contribution in [3.8, 4) is 0 Å². The van der Waals surface area contributed by atoms with Gasteiger partial charge in [0.15, 0.2) is 0 Å². The van der Waals surface area contributed by atoms with Gasteiger partial charge in [-0.15, -0.1) is 11.3 Å². The summed E-state index contributed by atoms with van der Waals surface area (Å²) in [6.07, 6.45) is -0.198. The molecular formula is C15H17NO3S2. The third kappa shape index (κ3) is 3.03. The minimum absolute atomic E-state index is 0.198. The quantitative estimate of drug-likeness (QED) is 0.872. The minimum Gasteiger partial charge on any atom is -0.371 e. The Morgan fingerprint density at radius 1 is 1.19 bits per heavy atom. The van der Waals surface area contributed by atoms with Gasteiger partial charge >= 0.3 is 0 Å². The Kier molecular flexibility index (Phi) is 4.12. The van der Waals surface area contributed by atoms with Gasteiger partial charge in [-0.2, -0.15) is 4.31 Å². The number of nitrogens with zero attached hydrogens (tertiary/aromatic N) is 1. The van der Waals surface area contributed by atoms with E-state index in [1.807, 2.05) is 43.3 Å². The molecule has 1 aliphatic rings. The number of ether oxygens (including phenoxy) is 1. The van der Waals surface area contributed by atoms with Gasteiger partial charge in [0.1, 0.15) is 4.21 Å². The van der Waals surface area contributed by atoms with Crippen molar-refractivity contribution in [3.05, 3.63) is 52.9 Å². The first kappa shape index (κ1) is 14.7. The second kappa shape index (κ2) is 5.88. The van der Waals surface area contributed by atoms with E-state index in [-0.39, 0.29) is 6.10 Å². The van der Waals surface area contributed by atoms with Crippen LogP contribution in [0.1, 0.15) is 16.5 Å². The molecule has 1 aromatic carbocycles. The molecule has 1 fully saturated rings. The van der Waals surface area contributed by atoms with Crippen LogP contribution in [-0.4, -0.2) is 32.4 Å². The van der Waals surface area contributed by atoms with Crippen LogP contribution in [0.4, 0.5) is 0 Å². The van der Waals surface area contributed by atoms with Crippen LogP contribution in [0.25, 0.3) is 0 Å². The first-order valence-electron chi connectivity index (χ1n) is 6.80. The summed E-state index contributed by atoms with van der Waals surface area (Å²) in [6.45, 7) is 3.10. The van der Waals surface area contributed by atoms with Crippen LogP contribution >= 0.6 is 11.3 Å². The van der Waals surface area contributed by atoms with E-state index in [1.54, 1.807) is 6.07 Å². The van der Waals surface area contributed by atoms with Gasteiger partial charge in [-0.3, -0.25) is 0 Å². The molecule has 0 N–H and O–H groups in total. The van der Waals surface area contributed by atoms with Gasteiger partial charge in [0.25, 0.3) is 10.0 Å². The van der Waals surface area contributed by atoms with Gasteiger partial charge in [0, 0.05) is 18.0 Å². The molecule has 0 aliphatic carbocycles. The lowest BCUT2D eigenvalue weighted by molar-refractivity contribution is -0.00249. The van der Waals surface area contributed by atoms with Crippen molar-refractivity contribution >= 4 is 21.4 Å². The zero-order valence-corrected chi connectivity index (χ0v) is 13.4. The van der Waals surface area contributed by atoms with Crippen LogP contribution in [0.2, 0.25) is 0 Å². The first-order valence-corrected chi connectivity index (χ1v) is 9.06. The van der Waals surface area contributed by atoms with E-state index >= 15 is 0 Å². The van der Waals surface area contributed by atoms with E-state index < -0.39 is 10.0 Å². The Morgan fingerprint density at radius 2 is 1.95 bits per heavy atom. The van der Waals surface area contributed by atoms with Gasteiger partial charge in [0.2, 0.25) is 0 Å². The molecule has 0 unspecified atom stereocenters. The second-order valence-corrected chi connectivity index (χ2v) is 8.45. The van der Waals surface area contributed by atoms with Crippen molar-refractivity contribution in [3.63, 3.8) is 0 Å². The van der Waals surface area contributed by atoms with Crippen LogP contribution in [0.5, 0.6) is 0 Å². The Hall–Kier alpha value is -1.21. The van der Waals surface area contributed by atoms with Crippen molar-refractivity contribution in [1.29, 1.82) is 0 Å². The number of sulfonamides is 1. The van der Waals surface area contributed by atoms with Gasteiger partial charge in [0.05, 0.1) is 12.7 Å². The van der Waals surface area contributed by atoms with Crippen LogP contribution in [-0.2, 0) is 14.8 Å². The predicted molar refractivity (Wildman–Crippen MR) is 82.9 cm³/mol. The summed E-state index contributed by atoms with van der Waals surface area (Å²) in [5, 5.41) is 0.